The fourth-order valence-corrected chi connectivity index (χ4v) is 0.696. The molecular formula is C6H11N3S. The Bertz CT molecular complexity index is 185. The van der Waals surface area contributed by atoms with Crippen LogP contribution in [0.3, 0.4) is 0 Å². The zero-order valence-electron chi connectivity index (χ0n) is 5.33. The molecule has 1 rings (SSSR count). The maximum Gasteiger partial charge on any atom is 0.208 e. The van der Waals surface area contributed by atoms with E-state index in [2.05, 4.69) is 15.2 Å². The lowest BCUT2D eigenvalue weighted by Gasteiger charge is -1.90. The number of thioether (sulfide) groups is 1. The van der Waals surface area contributed by atoms with E-state index >= 15 is 0 Å². The molecule has 0 aliphatic heterocycles. The highest BCUT2D eigenvalue weighted by Crippen LogP contribution is 2.03. The number of rotatable bonds is 1. The molecule has 1 heterocycles. The molecule has 0 aromatic carbocycles. The molecule has 0 amide bonds. The highest BCUT2D eigenvalue weighted by atomic mass is 32.2. The van der Waals surface area contributed by atoms with E-state index in [0.29, 0.717) is 0 Å². The normalized spacial score (nSPS) is 8.60. The third kappa shape index (κ3) is 2.31. The van der Waals surface area contributed by atoms with E-state index in [4.69, 9.17) is 0 Å². The van der Waals surface area contributed by atoms with Crippen molar-refractivity contribution >= 4 is 11.8 Å². The van der Waals surface area contributed by atoms with Crippen LogP contribution in [0.5, 0.6) is 0 Å². The minimum Gasteiger partial charge on any atom is -0.228 e. The van der Waals surface area contributed by atoms with Crippen LogP contribution < -0.4 is 0 Å². The van der Waals surface area contributed by atoms with Gasteiger partial charge < -0.3 is 0 Å². The average molecular weight is 157 g/mol. The van der Waals surface area contributed by atoms with Gasteiger partial charge in [-0.3, -0.25) is 0 Å². The van der Waals surface area contributed by atoms with E-state index in [9.17, 15) is 0 Å². The number of aromatic nitrogens is 3. The van der Waals surface area contributed by atoms with E-state index < -0.39 is 0 Å². The van der Waals surface area contributed by atoms with Gasteiger partial charge in [0.15, 0.2) is 0 Å². The van der Waals surface area contributed by atoms with Crippen molar-refractivity contribution in [2.75, 3.05) is 6.26 Å². The first kappa shape index (κ1) is 9.36. The predicted molar refractivity (Wildman–Crippen MR) is 43.1 cm³/mol. The van der Waals surface area contributed by atoms with E-state index in [1.165, 1.54) is 11.8 Å². The molecule has 0 bridgehead atoms. The first-order chi connectivity index (χ1) is 4.33. The van der Waals surface area contributed by atoms with Crippen LogP contribution in [-0.4, -0.2) is 21.4 Å². The zero-order valence-corrected chi connectivity index (χ0v) is 6.14. The topological polar surface area (TPSA) is 38.7 Å². The zero-order chi connectivity index (χ0) is 6.69. The fraction of sp³-hybridized carbons (Fsp3) is 0.500. The molecule has 3 nitrogen and oxygen atoms in total. The summed E-state index contributed by atoms with van der Waals surface area (Å²) < 4.78 is 0. The van der Waals surface area contributed by atoms with Crippen LogP contribution in [-0.2, 0) is 0 Å². The largest absolute Gasteiger partial charge is 0.228 e. The van der Waals surface area contributed by atoms with Crippen molar-refractivity contribution < 1.29 is 0 Å². The summed E-state index contributed by atoms with van der Waals surface area (Å²) in [7, 11) is 0. The van der Waals surface area contributed by atoms with Gasteiger partial charge in [0.1, 0.15) is 0 Å². The molecule has 4 heteroatoms. The Labute approximate surface area is 65.3 Å². The van der Waals surface area contributed by atoms with Crippen molar-refractivity contribution in [2.45, 2.75) is 19.5 Å². The minimum absolute atomic E-state index is 0. The number of aryl methyl sites for hydroxylation is 1. The fourth-order valence-electron chi connectivity index (χ4n) is 0.415. The summed E-state index contributed by atoms with van der Waals surface area (Å²) in [6.07, 6.45) is 3.63. The molecule has 0 fully saturated rings. The van der Waals surface area contributed by atoms with Crippen molar-refractivity contribution in [3.63, 3.8) is 0 Å². The summed E-state index contributed by atoms with van der Waals surface area (Å²) in [5.41, 5.74) is 0.854. The summed E-state index contributed by atoms with van der Waals surface area (Å²) in [6.45, 7) is 1.87. The van der Waals surface area contributed by atoms with Gasteiger partial charge in [-0.2, -0.15) is 5.10 Å². The van der Waals surface area contributed by atoms with Crippen molar-refractivity contribution in [2.24, 2.45) is 0 Å². The highest BCUT2D eigenvalue weighted by molar-refractivity contribution is 7.98. The van der Waals surface area contributed by atoms with Crippen molar-refractivity contribution in [3.05, 3.63) is 11.9 Å². The molecule has 1 aromatic rings. The lowest BCUT2D eigenvalue weighted by atomic mass is 10.6. The quantitative estimate of drug-likeness (QED) is 0.580. The summed E-state index contributed by atoms with van der Waals surface area (Å²) in [6, 6.07) is 0. The molecule has 0 saturated heterocycles. The second kappa shape index (κ2) is 4.22. The van der Waals surface area contributed by atoms with E-state index in [1.54, 1.807) is 6.20 Å². The van der Waals surface area contributed by atoms with Gasteiger partial charge in [-0.05, 0) is 13.2 Å². The van der Waals surface area contributed by atoms with Gasteiger partial charge in [-0.25, -0.2) is 4.98 Å². The molecule has 0 spiro atoms. The third-order valence-corrected chi connectivity index (χ3v) is 1.39. The Morgan fingerprint density at radius 3 is 2.50 bits per heavy atom. The maximum atomic E-state index is 3.99. The highest BCUT2D eigenvalue weighted by Gasteiger charge is 1.90. The average Bonchev–Trinajstić information content (AvgIpc) is 1.90. The van der Waals surface area contributed by atoms with Crippen molar-refractivity contribution in [3.8, 4) is 0 Å². The van der Waals surface area contributed by atoms with Gasteiger partial charge in [-0.1, -0.05) is 19.2 Å². The standard InChI is InChI=1S/C5H7N3S.CH4/c1-4-3-6-5(9-2)8-7-4;/h3H,1-2H3;1H4. The molecule has 56 valence electrons. The van der Waals surface area contributed by atoms with Crippen LogP contribution in [0.2, 0.25) is 0 Å². The number of nitrogens with zero attached hydrogens (tertiary/aromatic N) is 3. The Balaban J connectivity index is 0.000000810. The van der Waals surface area contributed by atoms with Crippen LogP contribution in [0.4, 0.5) is 0 Å². The van der Waals surface area contributed by atoms with Crippen LogP contribution >= 0.6 is 11.8 Å². The lowest BCUT2D eigenvalue weighted by molar-refractivity contribution is 0.814. The molecule has 0 saturated carbocycles. The van der Waals surface area contributed by atoms with Crippen molar-refractivity contribution in [1.82, 2.24) is 15.2 Å². The molecule has 10 heavy (non-hydrogen) atoms. The van der Waals surface area contributed by atoms with Crippen LogP contribution in [0.15, 0.2) is 11.4 Å². The second-order valence-electron chi connectivity index (χ2n) is 1.59. The smallest absolute Gasteiger partial charge is 0.208 e. The van der Waals surface area contributed by atoms with Gasteiger partial charge in [0.05, 0.1) is 11.9 Å². The number of hydrogen-bond donors (Lipinski definition) is 0. The summed E-state index contributed by atoms with van der Waals surface area (Å²) in [5, 5.41) is 8.34. The van der Waals surface area contributed by atoms with Crippen LogP contribution in [0.25, 0.3) is 0 Å². The molecule has 0 aliphatic rings. The minimum atomic E-state index is 0. The molecule has 0 N–H and O–H groups in total. The first-order valence-electron chi connectivity index (χ1n) is 2.53. The molecular weight excluding hydrogens is 146 g/mol. The number of hydrogen-bond acceptors (Lipinski definition) is 4. The Kier molecular flexibility index (Phi) is 3.95. The molecule has 0 atom stereocenters. The second-order valence-corrected chi connectivity index (χ2v) is 2.36. The maximum absolute atomic E-state index is 3.99. The van der Waals surface area contributed by atoms with Gasteiger partial charge in [0, 0.05) is 0 Å². The van der Waals surface area contributed by atoms with Gasteiger partial charge >= 0.3 is 0 Å². The Hall–Kier alpha value is -0.640. The Morgan fingerprint density at radius 2 is 2.10 bits per heavy atom. The van der Waals surface area contributed by atoms with Gasteiger partial charge in [-0.15, -0.1) is 5.10 Å². The lowest BCUT2D eigenvalue weighted by Crippen LogP contribution is -1.90. The van der Waals surface area contributed by atoms with E-state index in [-0.39, 0.29) is 7.43 Å². The molecule has 0 aliphatic carbocycles. The van der Waals surface area contributed by atoms with Gasteiger partial charge in [0.2, 0.25) is 5.16 Å². The van der Waals surface area contributed by atoms with E-state index in [1.807, 2.05) is 13.2 Å². The molecule has 0 radical (unpaired) electrons. The summed E-state index contributed by atoms with van der Waals surface area (Å²) in [4.78, 5) is 3.99. The van der Waals surface area contributed by atoms with Crippen molar-refractivity contribution in [1.29, 1.82) is 0 Å². The van der Waals surface area contributed by atoms with Crippen LogP contribution in [0.1, 0.15) is 13.1 Å². The predicted octanol–water partition coefficient (Wildman–Crippen LogP) is 1.54. The van der Waals surface area contributed by atoms with Crippen LogP contribution in [0, 0.1) is 6.92 Å². The first-order valence-corrected chi connectivity index (χ1v) is 3.75. The monoisotopic (exact) mass is 157 g/mol. The van der Waals surface area contributed by atoms with Gasteiger partial charge in [0.25, 0.3) is 0 Å². The Morgan fingerprint density at radius 1 is 1.40 bits per heavy atom. The molecule has 0 unspecified atom stereocenters. The van der Waals surface area contributed by atoms with E-state index in [0.717, 1.165) is 10.9 Å². The summed E-state index contributed by atoms with van der Waals surface area (Å²) in [5.74, 6) is 0. The third-order valence-electron chi connectivity index (χ3n) is 0.838. The molecule has 1 aromatic heterocycles. The summed E-state index contributed by atoms with van der Waals surface area (Å²) >= 11 is 1.49. The SMILES string of the molecule is C.CSc1ncc(C)nn1.